The fraction of sp³-hybridized carbons (Fsp3) is 0.571. The molecule has 104 valence electrons. The molecule has 2 unspecified atom stereocenters. The maximum atomic E-state index is 12.2. The van der Waals surface area contributed by atoms with E-state index in [0.717, 1.165) is 18.4 Å². The third kappa shape index (κ3) is 3.30. The van der Waals surface area contributed by atoms with Crippen LogP contribution in [0, 0.1) is 0 Å². The second kappa shape index (κ2) is 6.12. The number of rotatable bonds is 3. The smallest absolute Gasteiger partial charge is 0.284 e. The molecule has 5 nitrogen and oxygen atoms in total. The summed E-state index contributed by atoms with van der Waals surface area (Å²) in [5, 5.41) is 2.05. The molecule has 1 amide bonds. The summed E-state index contributed by atoms with van der Waals surface area (Å²) in [5.41, 5.74) is 9.85. The molecule has 2 heterocycles. The van der Waals surface area contributed by atoms with Crippen molar-refractivity contribution < 1.29 is 4.79 Å². The van der Waals surface area contributed by atoms with Crippen LogP contribution in [0.25, 0.3) is 0 Å². The number of nitrogens with zero attached hydrogens (tertiary/aromatic N) is 2. The van der Waals surface area contributed by atoms with Crippen molar-refractivity contribution in [3.8, 4) is 0 Å². The Balaban J connectivity index is 2.02. The van der Waals surface area contributed by atoms with Crippen LogP contribution >= 0.6 is 0 Å². The van der Waals surface area contributed by atoms with Crippen molar-refractivity contribution in [1.82, 2.24) is 15.4 Å². The zero-order chi connectivity index (χ0) is 13.8. The third-order valence-electron chi connectivity index (χ3n) is 3.72. The number of aromatic nitrogens is 1. The van der Waals surface area contributed by atoms with E-state index in [-0.39, 0.29) is 5.91 Å². The maximum Gasteiger partial charge on any atom is 0.284 e. The first-order valence-electron chi connectivity index (χ1n) is 6.86. The van der Waals surface area contributed by atoms with Gasteiger partial charge >= 0.3 is 0 Å². The molecule has 0 spiro atoms. The quantitative estimate of drug-likeness (QED) is 0.865. The summed E-state index contributed by atoms with van der Waals surface area (Å²) in [7, 11) is 0. The molecule has 0 aromatic carbocycles. The second-order valence-electron chi connectivity index (χ2n) is 5.23. The number of hydrogen-bond acceptors (Lipinski definition) is 4. The molecule has 19 heavy (non-hydrogen) atoms. The molecule has 2 rings (SSSR count). The van der Waals surface area contributed by atoms with Crippen LogP contribution in [0.3, 0.4) is 0 Å². The molecule has 0 bridgehead atoms. The molecule has 1 aliphatic heterocycles. The molecule has 1 aliphatic rings. The summed E-state index contributed by atoms with van der Waals surface area (Å²) >= 11 is 0. The molecule has 1 aromatic rings. The van der Waals surface area contributed by atoms with Gasteiger partial charge < -0.3 is 5.73 Å². The molecule has 1 saturated heterocycles. The van der Waals surface area contributed by atoms with Crippen molar-refractivity contribution in [3.05, 3.63) is 29.6 Å². The van der Waals surface area contributed by atoms with Gasteiger partial charge in [0.1, 0.15) is 5.69 Å². The zero-order valence-electron chi connectivity index (χ0n) is 11.6. The summed E-state index contributed by atoms with van der Waals surface area (Å²) in [6.07, 6.45) is 5.10. The lowest BCUT2D eigenvalue weighted by atomic mass is 10.00. The van der Waals surface area contributed by atoms with Crippen LogP contribution in [0.15, 0.2) is 18.3 Å². The molecule has 1 aromatic heterocycles. The number of nitrogens with one attached hydrogen (secondary N) is 1. The van der Waals surface area contributed by atoms with Gasteiger partial charge in [-0.2, -0.15) is 0 Å². The average Bonchev–Trinajstić information content (AvgIpc) is 2.43. The van der Waals surface area contributed by atoms with Crippen molar-refractivity contribution in [2.45, 2.75) is 51.7 Å². The third-order valence-corrected chi connectivity index (χ3v) is 3.72. The monoisotopic (exact) mass is 262 g/mol. The molecule has 0 aliphatic carbocycles. The number of carbonyl (C=O) groups is 1. The van der Waals surface area contributed by atoms with Gasteiger partial charge in [-0.25, -0.2) is 5.01 Å². The van der Waals surface area contributed by atoms with Gasteiger partial charge in [-0.1, -0.05) is 12.5 Å². The molecule has 2 atom stereocenters. The van der Waals surface area contributed by atoms with Crippen LogP contribution in [0.2, 0.25) is 0 Å². The molecule has 0 saturated carbocycles. The number of piperidine rings is 1. The van der Waals surface area contributed by atoms with Gasteiger partial charge in [0.05, 0.1) is 0 Å². The van der Waals surface area contributed by atoms with Crippen molar-refractivity contribution >= 4 is 5.91 Å². The van der Waals surface area contributed by atoms with Crippen molar-refractivity contribution in [1.29, 1.82) is 0 Å². The zero-order valence-corrected chi connectivity index (χ0v) is 11.6. The highest BCUT2D eigenvalue weighted by Crippen LogP contribution is 2.20. The van der Waals surface area contributed by atoms with E-state index in [1.807, 2.05) is 11.1 Å². The van der Waals surface area contributed by atoms with Gasteiger partial charge in [-0.05, 0) is 38.3 Å². The van der Waals surface area contributed by atoms with Crippen LogP contribution in [-0.2, 0) is 6.54 Å². The predicted molar refractivity (Wildman–Crippen MR) is 74.2 cm³/mol. The Morgan fingerprint density at radius 3 is 2.63 bits per heavy atom. The molecule has 1 fully saturated rings. The minimum Gasteiger partial charge on any atom is -0.326 e. The molecule has 5 heteroatoms. The standard InChI is InChI=1S/C14H22N4O/c1-10-4-3-5-11(2)18(10)17-14(19)13-7-6-12(8-15)9-16-13/h6-7,9-11H,3-5,8,15H2,1-2H3,(H,17,19). The van der Waals surface area contributed by atoms with E-state index in [9.17, 15) is 4.79 Å². The first kappa shape index (κ1) is 14.0. The number of carbonyl (C=O) groups excluding carboxylic acids is 1. The Kier molecular flexibility index (Phi) is 4.50. The Bertz CT molecular complexity index is 422. The minimum atomic E-state index is -0.149. The normalized spacial score (nSPS) is 24.2. The lowest BCUT2D eigenvalue weighted by Gasteiger charge is -2.38. The highest BCUT2D eigenvalue weighted by molar-refractivity contribution is 5.91. The van der Waals surface area contributed by atoms with Gasteiger partial charge in [0.25, 0.3) is 5.91 Å². The Hall–Kier alpha value is -1.46. The SMILES string of the molecule is CC1CCCC(C)N1NC(=O)c1ccc(CN)cn1. The van der Waals surface area contributed by atoms with Crippen molar-refractivity contribution in [3.63, 3.8) is 0 Å². The number of pyridine rings is 1. The van der Waals surface area contributed by atoms with E-state index in [1.54, 1.807) is 12.3 Å². The summed E-state index contributed by atoms with van der Waals surface area (Å²) < 4.78 is 0. The highest BCUT2D eigenvalue weighted by Gasteiger charge is 2.26. The molecular formula is C14H22N4O. The molecule has 3 N–H and O–H groups in total. The summed E-state index contributed by atoms with van der Waals surface area (Å²) in [6, 6.07) is 4.30. The van der Waals surface area contributed by atoms with Crippen LogP contribution < -0.4 is 11.2 Å². The number of nitrogens with two attached hydrogens (primary N) is 1. The van der Waals surface area contributed by atoms with Gasteiger partial charge in [-0.15, -0.1) is 0 Å². The Morgan fingerprint density at radius 1 is 1.42 bits per heavy atom. The maximum absolute atomic E-state index is 12.2. The van der Waals surface area contributed by atoms with Gasteiger partial charge in [-0.3, -0.25) is 15.2 Å². The fourth-order valence-electron chi connectivity index (χ4n) is 2.50. The topological polar surface area (TPSA) is 71.2 Å². The largest absolute Gasteiger partial charge is 0.326 e. The summed E-state index contributed by atoms with van der Waals surface area (Å²) in [4.78, 5) is 16.3. The fourth-order valence-corrected chi connectivity index (χ4v) is 2.50. The lowest BCUT2D eigenvalue weighted by Crippen LogP contribution is -2.54. The minimum absolute atomic E-state index is 0.149. The van der Waals surface area contributed by atoms with Crippen molar-refractivity contribution in [2.75, 3.05) is 0 Å². The van der Waals surface area contributed by atoms with E-state index in [1.165, 1.54) is 6.42 Å². The average molecular weight is 262 g/mol. The summed E-state index contributed by atoms with van der Waals surface area (Å²) in [5.74, 6) is -0.149. The van der Waals surface area contributed by atoms with E-state index >= 15 is 0 Å². The Labute approximate surface area is 114 Å². The van der Waals surface area contributed by atoms with Gasteiger partial charge in [0.2, 0.25) is 0 Å². The van der Waals surface area contributed by atoms with Crippen LogP contribution in [0.1, 0.15) is 49.2 Å². The van der Waals surface area contributed by atoms with Crippen LogP contribution in [-0.4, -0.2) is 28.0 Å². The first-order valence-corrected chi connectivity index (χ1v) is 6.86. The van der Waals surface area contributed by atoms with Gasteiger partial charge in [0, 0.05) is 24.8 Å². The van der Waals surface area contributed by atoms with Gasteiger partial charge in [0.15, 0.2) is 0 Å². The number of hydrazine groups is 1. The molecular weight excluding hydrogens is 240 g/mol. The first-order chi connectivity index (χ1) is 9.11. The molecule has 0 radical (unpaired) electrons. The lowest BCUT2D eigenvalue weighted by molar-refractivity contribution is 0.0366. The van der Waals surface area contributed by atoms with E-state index in [2.05, 4.69) is 24.3 Å². The van der Waals surface area contributed by atoms with Crippen LogP contribution in [0.5, 0.6) is 0 Å². The van der Waals surface area contributed by atoms with Crippen molar-refractivity contribution in [2.24, 2.45) is 5.73 Å². The number of hydrogen-bond donors (Lipinski definition) is 2. The van der Waals surface area contributed by atoms with Crippen LogP contribution in [0.4, 0.5) is 0 Å². The predicted octanol–water partition coefficient (Wildman–Crippen LogP) is 1.45. The summed E-state index contributed by atoms with van der Waals surface area (Å²) in [6.45, 7) is 4.72. The highest BCUT2D eigenvalue weighted by atomic mass is 16.2. The Morgan fingerprint density at radius 2 is 2.11 bits per heavy atom. The van der Waals surface area contributed by atoms with E-state index in [4.69, 9.17) is 5.73 Å². The second-order valence-corrected chi connectivity index (χ2v) is 5.23. The van der Waals surface area contributed by atoms with E-state index < -0.39 is 0 Å². The number of amides is 1. The van der Waals surface area contributed by atoms with E-state index in [0.29, 0.717) is 24.3 Å².